The Morgan fingerprint density at radius 3 is 2.40 bits per heavy atom. The van der Waals surface area contributed by atoms with Gasteiger partial charge in [0.1, 0.15) is 24.6 Å². The lowest BCUT2D eigenvalue weighted by atomic mass is 10.2. The largest absolute Gasteiger partial charge is 0.611 e. The van der Waals surface area contributed by atoms with Gasteiger partial charge in [-0.25, -0.2) is 4.68 Å². The second-order valence-electron chi connectivity index (χ2n) is 5.86. The lowest BCUT2D eigenvalue weighted by Crippen LogP contribution is -2.33. The second kappa shape index (κ2) is 9.45. The Morgan fingerprint density at radius 1 is 1.40 bits per heavy atom. The van der Waals surface area contributed by atoms with Crippen LogP contribution in [0.5, 0.6) is 0 Å². The Bertz CT molecular complexity index is 982. The van der Waals surface area contributed by atoms with E-state index in [1.54, 1.807) is 13.0 Å². The Morgan fingerprint density at radius 2 is 1.97 bits per heavy atom. The van der Waals surface area contributed by atoms with Crippen LogP contribution in [0, 0.1) is 11.3 Å². The number of rotatable bonds is 6. The molecule has 0 saturated carbocycles. The predicted octanol–water partition coefficient (Wildman–Crippen LogP) is 3.81. The van der Waals surface area contributed by atoms with Crippen LogP contribution in [0.3, 0.4) is 0 Å². The molecule has 1 heterocycles. The lowest BCUT2D eigenvalue weighted by Gasteiger charge is -2.21. The normalized spacial score (nSPS) is 12.5. The number of nitriles is 1. The highest BCUT2D eigenvalue weighted by Crippen LogP contribution is 2.40. The van der Waals surface area contributed by atoms with Crippen molar-refractivity contribution in [3.8, 4) is 11.8 Å². The lowest BCUT2D eigenvalue weighted by molar-refractivity contribution is -0.137. The molecule has 0 saturated heterocycles. The highest BCUT2D eigenvalue weighted by Gasteiger charge is 2.35. The summed E-state index contributed by atoms with van der Waals surface area (Å²) in [6.45, 7) is 1.61. The number of halogens is 5. The van der Waals surface area contributed by atoms with E-state index in [4.69, 9.17) is 27.9 Å². The molecule has 1 amide bonds. The number of benzene rings is 1. The van der Waals surface area contributed by atoms with Gasteiger partial charge in [-0.2, -0.15) is 18.4 Å². The standard InChI is InChI=1S/C17H15Cl2F3N4O3S/c1-4-29-8-13(27)25(2)16-15(30(3)28)12(7-23)24-26(16)14-10(18)5-9(6-11(14)19)17(20,21)22/h5-6H,4,8H2,1-3H3. The summed E-state index contributed by atoms with van der Waals surface area (Å²) in [6, 6.07) is 3.05. The van der Waals surface area contributed by atoms with E-state index in [0.717, 1.165) is 9.58 Å². The number of ether oxygens (including phenoxy) is 1. The fourth-order valence-electron chi connectivity index (χ4n) is 2.52. The fraction of sp³-hybridized carbons (Fsp3) is 0.353. The number of anilines is 1. The maximum Gasteiger partial charge on any atom is 0.416 e. The van der Waals surface area contributed by atoms with Crippen LogP contribution < -0.4 is 4.90 Å². The summed E-state index contributed by atoms with van der Waals surface area (Å²) >= 11 is 10.3. The molecule has 0 aliphatic rings. The number of hydrogen-bond donors (Lipinski definition) is 0. The minimum absolute atomic E-state index is 0.100. The SMILES string of the molecule is CCOCC(=O)N(C)c1c([S+](C)[O-])c(C#N)nn1-c1c(Cl)cc(C(F)(F)F)cc1Cl. The first-order valence-corrected chi connectivity index (χ1v) is 10.5. The monoisotopic (exact) mass is 482 g/mol. The molecular formula is C17H15Cl2F3N4O3S. The van der Waals surface area contributed by atoms with E-state index < -0.39 is 38.9 Å². The molecule has 13 heteroatoms. The number of carbonyl (C=O) groups excluding carboxylic acids is 1. The minimum Gasteiger partial charge on any atom is -0.611 e. The van der Waals surface area contributed by atoms with Crippen molar-refractivity contribution in [2.45, 2.75) is 18.0 Å². The van der Waals surface area contributed by atoms with Gasteiger partial charge in [0.25, 0.3) is 5.91 Å². The Kier molecular flexibility index (Phi) is 7.65. The quantitative estimate of drug-likeness (QED) is 0.583. The maximum absolute atomic E-state index is 13.1. The van der Waals surface area contributed by atoms with Gasteiger partial charge in [-0.1, -0.05) is 23.2 Å². The van der Waals surface area contributed by atoms with Crippen LogP contribution >= 0.6 is 23.2 Å². The van der Waals surface area contributed by atoms with Gasteiger partial charge in [0, 0.05) is 13.7 Å². The number of likely N-dealkylation sites (N-methyl/N-ethyl adjacent to an activating group) is 1. The molecule has 30 heavy (non-hydrogen) atoms. The summed E-state index contributed by atoms with van der Waals surface area (Å²) < 4.78 is 57.5. The van der Waals surface area contributed by atoms with Crippen molar-refractivity contribution in [3.05, 3.63) is 33.4 Å². The van der Waals surface area contributed by atoms with Crippen LogP contribution in [0.25, 0.3) is 5.69 Å². The van der Waals surface area contributed by atoms with E-state index in [1.807, 2.05) is 0 Å². The molecule has 0 bridgehead atoms. The Labute approximate surface area is 183 Å². The molecular weight excluding hydrogens is 468 g/mol. The second-order valence-corrected chi connectivity index (χ2v) is 7.99. The first-order chi connectivity index (χ1) is 13.9. The van der Waals surface area contributed by atoms with Crippen LogP contribution in [-0.2, 0) is 26.9 Å². The number of hydrogen-bond acceptors (Lipinski definition) is 5. The van der Waals surface area contributed by atoms with Gasteiger partial charge in [0.05, 0.1) is 15.6 Å². The average Bonchev–Trinajstić information content (AvgIpc) is 3.03. The molecule has 0 radical (unpaired) electrons. The molecule has 1 unspecified atom stereocenters. The molecule has 0 aliphatic carbocycles. The summed E-state index contributed by atoms with van der Waals surface area (Å²) in [4.78, 5) is 13.4. The third kappa shape index (κ3) is 4.84. The van der Waals surface area contributed by atoms with Crippen molar-refractivity contribution in [3.63, 3.8) is 0 Å². The molecule has 1 aromatic heterocycles. The summed E-state index contributed by atoms with van der Waals surface area (Å²) in [7, 11) is 1.32. The Hall–Kier alpha value is -1.97. The zero-order chi connectivity index (χ0) is 22.8. The van der Waals surface area contributed by atoms with Gasteiger partial charge in [0.15, 0.2) is 5.82 Å². The first kappa shape index (κ1) is 24.3. The smallest absolute Gasteiger partial charge is 0.416 e. The molecule has 1 aromatic carbocycles. The van der Waals surface area contributed by atoms with Gasteiger partial charge < -0.3 is 9.29 Å². The zero-order valence-corrected chi connectivity index (χ0v) is 18.2. The molecule has 0 N–H and O–H groups in total. The molecule has 0 fully saturated rings. The van der Waals surface area contributed by atoms with E-state index >= 15 is 0 Å². The van der Waals surface area contributed by atoms with Crippen LogP contribution in [0.4, 0.5) is 19.0 Å². The highest BCUT2D eigenvalue weighted by molar-refractivity contribution is 7.91. The number of amides is 1. The van der Waals surface area contributed by atoms with Crippen LogP contribution in [0.2, 0.25) is 10.0 Å². The van der Waals surface area contributed by atoms with E-state index in [-0.39, 0.29) is 35.3 Å². The molecule has 0 spiro atoms. The number of carbonyl (C=O) groups is 1. The van der Waals surface area contributed by atoms with E-state index in [0.29, 0.717) is 12.1 Å². The zero-order valence-electron chi connectivity index (χ0n) is 15.9. The Balaban J connectivity index is 2.78. The van der Waals surface area contributed by atoms with Crippen molar-refractivity contribution in [2.24, 2.45) is 0 Å². The van der Waals surface area contributed by atoms with Crippen LogP contribution in [0.15, 0.2) is 17.0 Å². The maximum atomic E-state index is 13.1. The average molecular weight is 483 g/mol. The number of alkyl halides is 3. The third-order valence-electron chi connectivity index (χ3n) is 3.89. The first-order valence-electron chi connectivity index (χ1n) is 8.21. The molecule has 162 valence electrons. The van der Waals surface area contributed by atoms with Crippen molar-refractivity contribution in [1.82, 2.24) is 9.78 Å². The van der Waals surface area contributed by atoms with Crippen LogP contribution in [0.1, 0.15) is 18.2 Å². The van der Waals surface area contributed by atoms with Crippen molar-refractivity contribution in [2.75, 3.05) is 31.4 Å². The molecule has 7 nitrogen and oxygen atoms in total. The topological polar surface area (TPSA) is 94.2 Å². The summed E-state index contributed by atoms with van der Waals surface area (Å²) in [5, 5.41) is 12.5. The highest BCUT2D eigenvalue weighted by atomic mass is 35.5. The van der Waals surface area contributed by atoms with E-state index in [2.05, 4.69) is 5.10 Å². The molecule has 2 rings (SSSR count). The molecule has 0 aliphatic heterocycles. The number of aromatic nitrogens is 2. The van der Waals surface area contributed by atoms with Gasteiger partial charge in [-0.05, 0) is 30.2 Å². The van der Waals surface area contributed by atoms with Crippen LogP contribution in [-0.4, -0.2) is 46.8 Å². The van der Waals surface area contributed by atoms with Gasteiger partial charge in [0.2, 0.25) is 10.6 Å². The van der Waals surface area contributed by atoms with Gasteiger partial charge >= 0.3 is 6.18 Å². The molecule has 1 atom stereocenters. The van der Waals surface area contributed by atoms with Gasteiger partial charge in [-0.15, -0.1) is 5.10 Å². The summed E-state index contributed by atoms with van der Waals surface area (Å²) in [6.07, 6.45) is -3.43. The molecule has 2 aromatic rings. The van der Waals surface area contributed by atoms with Crippen molar-refractivity contribution >= 4 is 46.1 Å². The summed E-state index contributed by atoms with van der Waals surface area (Å²) in [5.74, 6) is -0.700. The number of nitrogens with zero attached hydrogens (tertiary/aromatic N) is 4. The van der Waals surface area contributed by atoms with Crippen molar-refractivity contribution < 1.29 is 27.3 Å². The van der Waals surface area contributed by atoms with Gasteiger partial charge in [-0.3, -0.25) is 9.69 Å². The predicted molar refractivity (Wildman–Crippen MR) is 106 cm³/mol. The van der Waals surface area contributed by atoms with Crippen molar-refractivity contribution in [1.29, 1.82) is 5.26 Å². The van der Waals surface area contributed by atoms with E-state index in [1.165, 1.54) is 13.3 Å². The summed E-state index contributed by atoms with van der Waals surface area (Å²) in [5.41, 5.74) is -1.59. The minimum atomic E-state index is -4.70. The fourth-order valence-corrected chi connectivity index (χ4v) is 4.01. The van der Waals surface area contributed by atoms with E-state index in [9.17, 15) is 27.8 Å². The third-order valence-corrected chi connectivity index (χ3v) is 5.42.